The second-order valence-electron chi connectivity index (χ2n) is 11.3. The molecule has 6 rings (SSSR count). The minimum absolute atomic E-state index is 0.0920. The van der Waals surface area contributed by atoms with Crippen LogP contribution in [-0.2, 0) is 11.3 Å². The molecule has 5 aromatic rings. The van der Waals surface area contributed by atoms with E-state index in [0.29, 0.717) is 24.9 Å². The van der Waals surface area contributed by atoms with Crippen molar-refractivity contribution in [3.05, 3.63) is 108 Å². The first kappa shape index (κ1) is 26.8. The molecule has 5 nitrogen and oxygen atoms in total. The van der Waals surface area contributed by atoms with Crippen LogP contribution < -0.4 is 5.32 Å². The van der Waals surface area contributed by atoms with Gasteiger partial charge in [0.2, 0.25) is 0 Å². The minimum atomic E-state index is -0.729. The van der Waals surface area contributed by atoms with Gasteiger partial charge in [0.15, 0.2) is 0 Å². The molecule has 1 saturated carbocycles. The molecule has 1 aromatic heterocycles. The number of hydrogen-bond donors (Lipinski definition) is 2. The number of carbonyl (C=O) groups excluding carboxylic acids is 1. The number of rotatable bonds is 7. The van der Waals surface area contributed by atoms with Crippen molar-refractivity contribution < 1.29 is 19.1 Å². The van der Waals surface area contributed by atoms with Crippen LogP contribution in [0.4, 0.5) is 4.39 Å². The molecule has 208 valence electrons. The third-order valence-electron chi connectivity index (χ3n) is 8.64. The van der Waals surface area contributed by atoms with Crippen LogP contribution in [0.25, 0.3) is 32.8 Å². The van der Waals surface area contributed by atoms with E-state index >= 15 is 0 Å². The molecule has 2 N–H and O–H groups in total. The van der Waals surface area contributed by atoms with E-state index in [9.17, 15) is 19.1 Å². The number of hydrogen-bond acceptors (Lipinski definition) is 2. The van der Waals surface area contributed by atoms with Crippen LogP contribution in [0.15, 0.2) is 91.1 Å². The monoisotopic (exact) mass is 548 g/mol. The Labute approximate surface area is 238 Å². The van der Waals surface area contributed by atoms with Crippen molar-refractivity contribution in [2.75, 3.05) is 0 Å². The van der Waals surface area contributed by atoms with E-state index in [1.807, 2.05) is 43.5 Å². The van der Waals surface area contributed by atoms with E-state index < -0.39 is 5.97 Å². The number of fused-ring (bicyclic) bond motifs is 2. The SMILES string of the molecule is C[C@H](NC(=O)c1cc(-c2ccc(F)cc2)cc2ccn(Cc3ccc4ccccc4c3)c12)C1CCC(C(=O)O)CC1. The average Bonchev–Trinajstić information content (AvgIpc) is 3.39. The number of benzene rings is 4. The smallest absolute Gasteiger partial charge is 0.306 e. The van der Waals surface area contributed by atoms with Crippen LogP contribution in [0.2, 0.25) is 0 Å². The van der Waals surface area contributed by atoms with Crippen molar-refractivity contribution >= 4 is 33.6 Å². The first-order valence-corrected chi connectivity index (χ1v) is 14.3. The maximum atomic E-state index is 13.9. The maximum Gasteiger partial charge on any atom is 0.306 e. The number of carbonyl (C=O) groups is 2. The molecule has 0 bridgehead atoms. The van der Waals surface area contributed by atoms with Crippen LogP contribution in [-0.4, -0.2) is 27.6 Å². The normalized spacial score (nSPS) is 17.9. The lowest BCUT2D eigenvalue weighted by molar-refractivity contribution is -0.143. The number of nitrogens with one attached hydrogen (secondary N) is 1. The Morgan fingerprint density at radius 1 is 0.878 bits per heavy atom. The van der Waals surface area contributed by atoms with Crippen molar-refractivity contribution in [1.82, 2.24) is 9.88 Å². The maximum absolute atomic E-state index is 13.9. The molecule has 0 aliphatic heterocycles. The summed E-state index contributed by atoms with van der Waals surface area (Å²) in [5, 5.41) is 15.9. The van der Waals surface area contributed by atoms with Crippen molar-refractivity contribution in [2.24, 2.45) is 11.8 Å². The molecule has 0 spiro atoms. The molecule has 41 heavy (non-hydrogen) atoms. The Balaban J connectivity index is 1.34. The third-order valence-corrected chi connectivity index (χ3v) is 8.64. The predicted octanol–water partition coefficient (Wildman–Crippen LogP) is 7.66. The number of carboxylic acids is 1. The van der Waals surface area contributed by atoms with Gasteiger partial charge in [-0.15, -0.1) is 0 Å². The number of amides is 1. The molecule has 1 amide bonds. The molecule has 0 unspecified atom stereocenters. The highest BCUT2D eigenvalue weighted by Gasteiger charge is 2.30. The molecule has 0 radical (unpaired) electrons. The summed E-state index contributed by atoms with van der Waals surface area (Å²) in [5.41, 5.74) is 4.24. The van der Waals surface area contributed by atoms with Gasteiger partial charge in [-0.2, -0.15) is 0 Å². The van der Waals surface area contributed by atoms with Crippen molar-refractivity contribution in [3.8, 4) is 11.1 Å². The summed E-state index contributed by atoms with van der Waals surface area (Å²) >= 11 is 0. The predicted molar refractivity (Wildman–Crippen MR) is 160 cm³/mol. The van der Waals surface area contributed by atoms with Gasteiger partial charge in [0, 0.05) is 24.2 Å². The highest BCUT2D eigenvalue weighted by Crippen LogP contribution is 2.33. The van der Waals surface area contributed by atoms with Gasteiger partial charge in [0.25, 0.3) is 5.91 Å². The molecule has 1 aliphatic carbocycles. The molecule has 1 heterocycles. The summed E-state index contributed by atoms with van der Waals surface area (Å²) in [6, 6.07) is 26.9. The molecule has 6 heteroatoms. The lowest BCUT2D eigenvalue weighted by Gasteiger charge is -2.31. The molecule has 1 aliphatic rings. The highest BCUT2D eigenvalue weighted by molar-refractivity contribution is 6.08. The Morgan fingerprint density at radius 3 is 2.34 bits per heavy atom. The quantitative estimate of drug-likeness (QED) is 0.219. The van der Waals surface area contributed by atoms with E-state index in [1.54, 1.807) is 12.1 Å². The van der Waals surface area contributed by atoms with E-state index in [4.69, 9.17) is 0 Å². The van der Waals surface area contributed by atoms with Gasteiger partial charge < -0.3 is 15.0 Å². The molecule has 0 saturated heterocycles. The fraction of sp³-hybridized carbons (Fsp3) is 0.257. The van der Waals surface area contributed by atoms with E-state index in [-0.39, 0.29) is 29.6 Å². The van der Waals surface area contributed by atoms with Gasteiger partial charge in [0.1, 0.15) is 5.82 Å². The second-order valence-corrected chi connectivity index (χ2v) is 11.3. The number of nitrogens with zero attached hydrogens (tertiary/aromatic N) is 1. The molecular formula is C35H33FN2O3. The second kappa shape index (κ2) is 11.2. The Kier molecular flexibility index (Phi) is 7.31. The van der Waals surface area contributed by atoms with Gasteiger partial charge in [-0.25, -0.2) is 4.39 Å². The minimum Gasteiger partial charge on any atom is -0.481 e. The van der Waals surface area contributed by atoms with Gasteiger partial charge in [-0.3, -0.25) is 9.59 Å². The Morgan fingerprint density at radius 2 is 1.61 bits per heavy atom. The summed E-state index contributed by atoms with van der Waals surface area (Å²) < 4.78 is 15.8. The largest absolute Gasteiger partial charge is 0.481 e. The fourth-order valence-electron chi connectivity index (χ4n) is 6.27. The average molecular weight is 549 g/mol. The summed E-state index contributed by atoms with van der Waals surface area (Å²) in [4.78, 5) is 25.3. The van der Waals surface area contributed by atoms with Crippen molar-refractivity contribution in [1.29, 1.82) is 0 Å². The van der Waals surface area contributed by atoms with Crippen LogP contribution in [0.3, 0.4) is 0 Å². The topological polar surface area (TPSA) is 71.3 Å². The zero-order valence-corrected chi connectivity index (χ0v) is 23.0. The zero-order chi connectivity index (χ0) is 28.5. The van der Waals surface area contributed by atoms with Crippen LogP contribution in [0, 0.1) is 17.7 Å². The van der Waals surface area contributed by atoms with Crippen LogP contribution in [0.5, 0.6) is 0 Å². The summed E-state index contributed by atoms with van der Waals surface area (Å²) in [6.07, 6.45) is 4.85. The summed E-state index contributed by atoms with van der Waals surface area (Å²) in [5.74, 6) is -1.26. The Bertz CT molecular complexity index is 1730. The Hall–Kier alpha value is -4.45. The van der Waals surface area contributed by atoms with Crippen LogP contribution in [0.1, 0.15) is 48.5 Å². The number of halogens is 1. The first-order chi connectivity index (χ1) is 19.9. The highest BCUT2D eigenvalue weighted by atomic mass is 19.1. The van der Waals surface area contributed by atoms with E-state index in [1.165, 1.54) is 22.9 Å². The molecule has 1 atom stereocenters. The number of carboxylic acid groups (broad SMARTS) is 1. The lowest BCUT2D eigenvalue weighted by Crippen LogP contribution is -2.40. The first-order valence-electron chi connectivity index (χ1n) is 14.3. The fourth-order valence-corrected chi connectivity index (χ4v) is 6.27. The molecular weight excluding hydrogens is 515 g/mol. The van der Waals surface area contributed by atoms with Crippen molar-refractivity contribution in [3.63, 3.8) is 0 Å². The number of aliphatic carboxylic acids is 1. The summed E-state index contributed by atoms with van der Waals surface area (Å²) in [6.45, 7) is 2.62. The van der Waals surface area contributed by atoms with Gasteiger partial charge in [-0.1, -0.05) is 48.5 Å². The lowest BCUT2D eigenvalue weighted by atomic mass is 9.79. The molecule has 4 aromatic carbocycles. The van der Waals surface area contributed by atoms with E-state index in [2.05, 4.69) is 40.2 Å². The van der Waals surface area contributed by atoms with Crippen LogP contribution >= 0.6 is 0 Å². The third kappa shape index (κ3) is 5.60. The number of aromatic nitrogens is 1. The summed E-state index contributed by atoms with van der Waals surface area (Å²) in [7, 11) is 0. The van der Waals surface area contributed by atoms with E-state index in [0.717, 1.165) is 40.4 Å². The van der Waals surface area contributed by atoms with Gasteiger partial charge in [0.05, 0.1) is 17.0 Å². The van der Waals surface area contributed by atoms with Gasteiger partial charge >= 0.3 is 5.97 Å². The standard InChI is InChI=1S/C35H33FN2O3/c1-22(24-8-10-27(11-9-24)35(40)41)37-34(39)32-20-30(26-12-14-31(36)15-13-26)19-29-16-17-38(33(29)32)21-23-6-7-25-4-2-3-5-28(25)18-23/h2-7,12-20,22,24,27H,8-11,21H2,1H3,(H,37,39)(H,40,41)/t22-,24?,27?/m0/s1. The van der Waals surface area contributed by atoms with Gasteiger partial charge in [-0.05, 0) is 102 Å². The molecule has 1 fully saturated rings. The van der Waals surface area contributed by atoms with Crippen molar-refractivity contribution in [2.45, 2.75) is 45.2 Å². The zero-order valence-electron chi connectivity index (χ0n) is 23.0.